The molecule has 2 heterocycles. The van der Waals surface area contributed by atoms with Crippen molar-refractivity contribution in [2.45, 2.75) is 37.6 Å². The van der Waals surface area contributed by atoms with Gasteiger partial charge >= 0.3 is 0 Å². The van der Waals surface area contributed by atoms with Gasteiger partial charge in [-0.15, -0.1) is 5.10 Å². The van der Waals surface area contributed by atoms with Crippen molar-refractivity contribution in [1.82, 2.24) is 19.7 Å². The maximum Gasteiger partial charge on any atom is 0.208 e. The number of halogens is 2. The summed E-state index contributed by atoms with van der Waals surface area (Å²) in [6, 6.07) is 2.91. The Hall–Kier alpha value is -0.413. The van der Waals surface area contributed by atoms with Crippen LogP contribution >= 0.6 is 39.3 Å². The monoisotopic (exact) mass is 434 g/mol. The van der Waals surface area contributed by atoms with E-state index in [0.29, 0.717) is 28.4 Å². The molecule has 23 heavy (non-hydrogen) atoms. The molecule has 126 valence electrons. The van der Waals surface area contributed by atoms with E-state index in [-0.39, 0.29) is 0 Å². The van der Waals surface area contributed by atoms with E-state index < -0.39 is 8.07 Å². The number of pyridine rings is 1. The van der Waals surface area contributed by atoms with Crippen LogP contribution in [0, 0.1) is 0 Å². The number of hydrogen-bond donors (Lipinski definition) is 0. The van der Waals surface area contributed by atoms with Gasteiger partial charge in [0.15, 0.2) is 5.82 Å². The predicted octanol–water partition coefficient (Wildman–Crippen LogP) is 4.79. The summed E-state index contributed by atoms with van der Waals surface area (Å²) < 4.78 is 8.33. The number of rotatable bonds is 7. The molecule has 0 atom stereocenters. The summed E-state index contributed by atoms with van der Waals surface area (Å²) in [4.78, 5) is 8.86. The Morgan fingerprint density at radius 2 is 2.13 bits per heavy atom. The lowest BCUT2D eigenvalue weighted by molar-refractivity contribution is 0.0788. The zero-order valence-electron chi connectivity index (χ0n) is 13.6. The molecule has 0 aromatic carbocycles. The van der Waals surface area contributed by atoms with Crippen molar-refractivity contribution in [3.8, 4) is 11.5 Å². The second-order valence-electron chi connectivity index (χ2n) is 6.25. The molecule has 0 spiro atoms. The summed E-state index contributed by atoms with van der Waals surface area (Å²) in [6.45, 7) is 8.06. The molecule has 0 bridgehead atoms. The van der Waals surface area contributed by atoms with Crippen molar-refractivity contribution in [3.05, 3.63) is 21.8 Å². The van der Waals surface area contributed by atoms with Gasteiger partial charge in [-0.25, -0.2) is 4.68 Å². The van der Waals surface area contributed by atoms with Gasteiger partial charge in [0.2, 0.25) is 5.16 Å². The first-order valence-corrected chi connectivity index (χ1v) is 13.3. The molecule has 0 unspecified atom stereocenters. The van der Waals surface area contributed by atoms with Gasteiger partial charge in [0.05, 0.1) is 5.02 Å². The lowest BCUT2D eigenvalue weighted by Gasteiger charge is -2.15. The lowest BCUT2D eigenvalue weighted by atomic mass is 10.3. The molecule has 0 N–H and O–H groups in total. The van der Waals surface area contributed by atoms with E-state index in [0.717, 1.165) is 17.1 Å². The number of thioether (sulfide) groups is 1. The minimum Gasteiger partial charge on any atom is -0.359 e. The van der Waals surface area contributed by atoms with Gasteiger partial charge in [0.25, 0.3) is 0 Å². The van der Waals surface area contributed by atoms with Crippen molar-refractivity contribution < 1.29 is 4.74 Å². The SMILES string of the molecule is CSc1nc(-c2ncc(Br)cc2Cl)n(COCC[Si](C)(C)C)n1. The van der Waals surface area contributed by atoms with Crippen molar-refractivity contribution in [3.63, 3.8) is 0 Å². The minimum atomic E-state index is -1.10. The maximum absolute atomic E-state index is 6.29. The van der Waals surface area contributed by atoms with Crippen molar-refractivity contribution >= 4 is 47.4 Å². The smallest absolute Gasteiger partial charge is 0.208 e. The standard InChI is InChI=1S/C14H20BrClN4OSSi/c1-22-14-18-13(12-11(16)7-10(15)8-17-12)20(19-14)9-21-5-6-23(2,3)4/h7-8H,5-6,9H2,1-4H3. The summed E-state index contributed by atoms with van der Waals surface area (Å²) in [5.41, 5.74) is 0.608. The molecule has 0 fully saturated rings. The quantitative estimate of drug-likeness (QED) is 0.355. The second-order valence-corrected chi connectivity index (χ2v) is 14.0. The normalized spacial score (nSPS) is 11.9. The third kappa shape index (κ3) is 5.56. The van der Waals surface area contributed by atoms with Crippen LogP contribution in [0.15, 0.2) is 21.9 Å². The molecule has 2 aromatic rings. The minimum absolute atomic E-state index is 0.349. The highest BCUT2D eigenvalue weighted by atomic mass is 79.9. The highest BCUT2D eigenvalue weighted by Crippen LogP contribution is 2.28. The topological polar surface area (TPSA) is 52.8 Å². The van der Waals surface area contributed by atoms with Gasteiger partial charge < -0.3 is 4.74 Å². The number of hydrogen-bond acceptors (Lipinski definition) is 5. The Bertz CT molecular complexity index is 677. The Kier molecular flexibility index (Phi) is 6.67. The second kappa shape index (κ2) is 8.11. The molecule has 9 heteroatoms. The molecule has 0 aliphatic rings. The van der Waals surface area contributed by atoms with Crippen LogP contribution in [0.25, 0.3) is 11.5 Å². The first-order valence-electron chi connectivity index (χ1n) is 7.18. The van der Waals surface area contributed by atoms with E-state index in [1.807, 2.05) is 6.26 Å². The zero-order valence-corrected chi connectivity index (χ0v) is 17.8. The van der Waals surface area contributed by atoms with Crippen molar-refractivity contribution in [2.24, 2.45) is 0 Å². The highest BCUT2D eigenvalue weighted by Gasteiger charge is 2.17. The van der Waals surface area contributed by atoms with Gasteiger partial charge in [-0.3, -0.25) is 4.98 Å². The lowest BCUT2D eigenvalue weighted by Crippen LogP contribution is -2.22. The number of aromatic nitrogens is 4. The third-order valence-electron chi connectivity index (χ3n) is 3.06. The van der Waals surface area contributed by atoms with Crippen LogP contribution in [0.3, 0.4) is 0 Å². The van der Waals surface area contributed by atoms with E-state index in [2.05, 4.69) is 50.6 Å². The molecule has 0 radical (unpaired) electrons. The molecule has 0 saturated heterocycles. The van der Waals surface area contributed by atoms with Gasteiger partial charge in [-0.2, -0.15) is 4.98 Å². The van der Waals surface area contributed by atoms with Gasteiger partial charge in [-0.05, 0) is 34.3 Å². The van der Waals surface area contributed by atoms with Gasteiger partial charge in [0.1, 0.15) is 12.4 Å². The molecule has 0 aliphatic heterocycles. The van der Waals surface area contributed by atoms with Crippen LogP contribution in [0.5, 0.6) is 0 Å². The average Bonchev–Trinajstić information content (AvgIpc) is 2.86. The van der Waals surface area contributed by atoms with E-state index in [4.69, 9.17) is 16.3 Å². The summed E-state index contributed by atoms with van der Waals surface area (Å²) >= 11 is 11.1. The summed E-state index contributed by atoms with van der Waals surface area (Å²) in [5.74, 6) is 0.625. The Labute approximate surface area is 155 Å². The van der Waals surface area contributed by atoms with Crippen LogP contribution in [0.4, 0.5) is 0 Å². The van der Waals surface area contributed by atoms with Crippen molar-refractivity contribution in [1.29, 1.82) is 0 Å². The van der Waals surface area contributed by atoms with E-state index in [1.165, 1.54) is 11.8 Å². The van der Waals surface area contributed by atoms with E-state index in [9.17, 15) is 0 Å². The molecule has 0 saturated carbocycles. The summed E-state index contributed by atoms with van der Waals surface area (Å²) in [7, 11) is -1.10. The predicted molar refractivity (Wildman–Crippen MR) is 102 cm³/mol. The molecule has 0 aliphatic carbocycles. The van der Waals surface area contributed by atoms with E-state index in [1.54, 1.807) is 16.9 Å². The highest BCUT2D eigenvalue weighted by molar-refractivity contribution is 9.10. The van der Waals surface area contributed by atoms with Crippen LogP contribution in [0.2, 0.25) is 30.7 Å². The Balaban J connectivity index is 2.18. The average molecular weight is 436 g/mol. The maximum atomic E-state index is 6.29. The fourth-order valence-electron chi connectivity index (χ4n) is 1.78. The van der Waals surface area contributed by atoms with E-state index >= 15 is 0 Å². The fourth-order valence-corrected chi connectivity index (χ4v) is 3.61. The molecule has 2 aromatic heterocycles. The summed E-state index contributed by atoms with van der Waals surface area (Å²) in [6.07, 6.45) is 3.64. The third-order valence-corrected chi connectivity index (χ3v) is 6.03. The van der Waals surface area contributed by atoms with Crippen LogP contribution in [-0.2, 0) is 11.5 Å². The molecule has 2 rings (SSSR count). The Morgan fingerprint density at radius 3 is 2.74 bits per heavy atom. The Morgan fingerprint density at radius 1 is 1.39 bits per heavy atom. The number of nitrogens with zero attached hydrogens (tertiary/aromatic N) is 4. The molecule has 0 amide bonds. The van der Waals surface area contributed by atoms with Crippen LogP contribution in [0.1, 0.15) is 0 Å². The number of ether oxygens (including phenoxy) is 1. The fraction of sp³-hybridized carbons (Fsp3) is 0.500. The van der Waals surface area contributed by atoms with Crippen LogP contribution < -0.4 is 0 Å². The zero-order chi connectivity index (χ0) is 17.0. The first-order chi connectivity index (χ1) is 10.8. The first kappa shape index (κ1) is 18.9. The largest absolute Gasteiger partial charge is 0.359 e. The molecule has 5 nitrogen and oxygen atoms in total. The molecular formula is C14H20BrClN4OSSi. The van der Waals surface area contributed by atoms with Crippen LogP contribution in [-0.4, -0.2) is 40.7 Å². The van der Waals surface area contributed by atoms with Gasteiger partial charge in [0, 0.05) is 25.4 Å². The van der Waals surface area contributed by atoms with Gasteiger partial charge in [-0.1, -0.05) is 43.0 Å². The summed E-state index contributed by atoms with van der Waals surface area (Å²) in [5, 5.41) is 5.65. The molecular weight excluding hydrogens is 416 g/mol. The van der Waals surface area contributed by atoms with Crippen molar-refractivity contribution in [2.75, 3.05) is 12.9 Å².